The number of nitrogens with two attached hydrogens (primary N) is 2. The maximum atomic E-state index is 10.6. The molecule has 0 fully saturated rings. The van der Waals surface area contributed by atoms with E-state index in [4.69, 9.17) is 17.0 Å². The molecule has 0 bridgehead atoms. The normalized spacial score (nSPS) is 9.50. The Kier molecular flexibility index (Phi) is 2.63. The zero-order chi connectivity index (χ0) is 10.7. The number of benzene rings is 1. The molecule has 0 aliphatic carbocycles. The number of hydrogen-bond donors (Lipinski definition) is 3. The molecular weight excluding hydrogens is 186 g/mol. The van der Waals surface area contributed by atoms with Crippen molar-refractivity contribution in [2.24, 2.45) is 11.6 Å². The van der Waals surface area contributed by atoms with Crippen LogP contribution in [0.15, 0.2) is 24.3 Å². The zero-order valence-electron chi connectivity index (χ0n) is 7.18. The van der Waals surface area contributed by atoms with Gasteiger partial charge in [-0.1, -0.05) is 12.1 Å². The van der Waals surface area contributed by atoms with Crippen molar-refractivity contribution in [1.82, 2.24) is 0 Å². The van der Waals surface area contributed by atoms with E-state index >= 15 is 0 Å². The molecule has 1 rings (SSSR count). The lowest BCUT2D eigenvalue weighted by Crippen LogP contribution is -2.42. The molecular formula is C7H9N5O2. The number of guanidine groups is 1. The molecule has 0 unspecified atom stereocenters. The smallest absolute Gasteiger partial charge is 0.294 e. The monoisotopic (exact) mass is 195 g/mol. The van der Waals surface area contributed by atoms with Gasteiger partial charge >= 0.3 is 0 Å². The summed E-state index contributed by atoms with van der Waals surface area (Å²) in [6.45, 7) is 0. The zero-order valence-corrected chi connectivity index (χ0v) is 7.18. The Labute approximate surface area is 79.5 Å². The minimum absolute atomic E-state index is 0.0880. The molecule has 0 aliphatic heterocycles. The number of nitrogens with zero attached hydrogens (tertiary/aromatic N) is 2. The Balaban J connectivity index is 3.19. The standard InChI is InChI=1S/C7H9N5O2/c8-7(9)11(10)5-3-1-2-4-6(5)12(13)14/h1-4H,10H2,(H3,8,9). The lowest BCUT2D eigenvalue weighted by molar-refractivity contribution is -0.384. The van der Waals surface area contributed by atoms with Crippen molar-refractivity contribution in [1.29, 1.82) is 5.41 Å². The summed E-state index contributed by atoms with van der Waals surface area (Å²) in [7, 11) is 0. The molecule has 0 spiro atoms. The van der Waals surface area contributed by atoms with Gasteiger partial charge in [0.15, 0.2) is 0 Å². The molecule has 74 valence electrons. The van der Waals surface area contributed by atoms with E-state index < -0.39 is 10.9 Å². The fourth-order valence-electron chi connectivity index (χ4n) is 0.952. The van der Waals surface area contributed by atoms with Crippen LogP contribution < -0.4 is 16.6 Å². The van der Waals surface area contributed by atoms with Crippen LogP contribution in [0.2, 0.25) is 0 Å². The number of rotatable bonds is 2. The van der Waals surface area contributed by atoms with Crippen molar-refractivity contribution in [2.75, 3.05) is 5.01 Å². The van der Waals surface area contributed by atoms with E-state index in [1.165, 1.54) is 18.2 Å². The molecule has 7 heteroatoms. The van der Waals surface area contributed by atoms with Gasteiger partial charge in [0, 0.05) is 6.07 Å². The average Bonchev–Trinajstić information content (AvgIpc) is 2.16. The summed E-state index contributed by atoms with van der Waals surface area (Å²) in [5.74, 6) is 4.90. The maximum Gasteiger partial charge on any atom is 0.294 e. The van der Waals surface area contributed by atoms with Gasteiger partial charge in [-0.25, -0.2) is 10.9 Å². The average molecular weight is 195 g/mol. The van der Waals surface area contributed by atoms with Crippen LogP contribution in [0, 0.1) is 15.5 Å². The van der Waals surface area contributed by atoms with Crippen molar-refractivity contribution in [3.8, 4) is 0 Å². The molecule has 5 N–H and O–H groups in total. The molecule has 0 saturated carbocycles. The first-order chi connectivity index (χ1) is 6.54. The molecule has 7 nitrogen and oxygen atoms in total. The van der Waals surface area contributed by atoms with Crippen LogP contribution in [0.25, 0.3) is 0 Å². The first-order valence-corrected chi connectivity index (χ1v) is 3.66. The number of nitro groups is 1. The molecule has 0 atom stereocenters. The Morgan fingerprint density at radius 3 is 2.57 bits per heavy atom. The predicted octanol–water partition coefficient (Wildman–Crippen LogP) is 0.168. The highest BCUT2D eigenvalue weighted by atomic mass is 16.6. The van der Waals surface area contributed by atoms with Gasteiger partial charge in [0.05, 0.1) is 4.92 Å². The number of nitro benzene ring substituents is 1. The van der Waals surface area contributed by atoms with Crippen LogP contribution in [-0.4, -0.2) is 10.9 Å². The molecule has 0 saturated heterocycles. The topological polar surface area (TPSA) is 122 Å². The lowest BCUT2D eigenvalue weighted by atomic mass is 10.2. The van der Waals surface area contributed by atoms with Gasteiger partial charge in [-0.3, -0.25) is 15.5 Å². The Bertz CT molecular complexity index is 378. The van der Waals surface area contributed by atoms with Crippen molar-refractivity contribution in [3.05, 3.63) is 34.4 Å². The van der Waals surface area contributed by atoms with Crippen molar-refractivity contribution >= 4 is 17.3 Å². The van der Waals surface area contributed by atoms with Crippen LogP contribution >= 0.6 is 0 Å². The maximum absolute atomic E-state index is 10.6. The number of anilines is 1. The minimum atomic E-state index is -0.585. The van der Waals surface area contributed by atoms with Crippen molar-refractivity contribution in [3.63, 3.8) is 0 Å². The van der Waals surface area contributed by atoms with Gasteiger partial charge in [-0.2, -0.15) is 0 Å². The second kappa shape index (κ2) is 3.71. The highest BCUT2D eigenvalue weighted by Crippen LogP contribution is 2.24. The number of nitrogens with one attached hydrogen (secondary N) is 1. The first kappa shape index (κ1) is 9.93. The van der Waals surface area contributed by atoms with Crippen molar-refractivity contribution < 1.29 is 4.92 Å². The summed E-state index contributed by atoms with van der Waals surface area (Å²) in [5, 5.41) is 18.3. The fraction of sp³-hybridized carbons (Fsp3) is 0. The molecule has 0 radical (unpaired) electrons. The molecule has 1 aromatic rings. The van der Waals surface area contributed by atoms with Gasteiger partial charge < -0.3 is 5.73 Å². The summed E-state index contributed by atoms with van der Waals surface area (Å²) in [6, 6.07) is 5.79. The summed E-state index contributed by atoms with van der Waals surface area (Å²) in [5.41, 5.74) is 5.00. The summed E-state index contributed by atoms with van der Waals surface area (Å²) in [6.07, 6.45) is 0. The highest BCUT2D eigenvalue weighted by molar-refractivity contribution is 5.93. The van der Waals surface area contributed by atoms with Crippen LogP contribution in [0.4, 0.5) is 11.4 Å². The molecule has 0 aromatic heterocycles. The summed E-state index contributed by atoms with van der Waals surface area (Å²) in [4.78, 5) is 9.98. The SMILES string of the molecule is N=C(N)N(N)c1ccccc1[N+](=O)[O-]. The Hall–Kier alpha value is -2.15. The van der Waals surface area contributed by atoms with Gasteiger partial charge in [-0.15, -0.1) is 0 Å². The van der Waals surface area contributed by atoms with Crippen LogP contribution in [0.3, 0.4) is 0 Å². The fourth-order valence-corrected chi connectivity index (χ4v) is 0.952. The molecule has 1 aromatic carbocycles. The van der Waals surface area contributed by atoms with Crippen LogP contribution in [0.1, 0.15) is 0 Å². The van der Waals surface area contributed by atoms with E-state index in [1.54, 1.807) is 6.07 Å². The quantitative estimate of drug-likeness (QED) is 0.204. The van der Waals surface area contributed by atoms with E-state index in [0.29, 0.717) is 0 Å². The van der Waals surface area contributed by atoms with E-state index in [1.807, 2.05) is 0 Å². The van der Waals surface area contributed by atoms with Gasteiger partial charge in [0.25, 0.3) is 5.69 Å². The molecule has 0 aliphatic rings. The number of hydrazine groups is 1. The Morgan fingerprint density at radius 2 is 2.07 bits per heavy atom. The van der Waals surface area contributed by atoms with Crippen LogP contribution in [-0.2, 0) is 0 Å². The van der Waals surface area contributed by atoms with Crippen LogP contribution in [0.5, 0.6) is 0 Å². The summed E-state index contributed by atoms with van der Waals surface area (Å²) < 4.78 is 0. The summed E-state index contributed by atoms with van der Waals surface area (Å²) >= 11 is 0. The van der Waals surface area contributed by atoms with E-state index in [0.717, 1.165) is 5.01 Å². The predicted molar refractivity (Wildman–Crippen MR) is 51.7 cm³/mol. The second-order valence-corrected chi connectivity index (χ2v) is 2.50. The number of para-hydroxylation sites is 2. The third kappa shape index (κ3) is 1.77. The largest absolute Gasteiger partial charge is 0.369 e. The molecule has 0 heterocycles. The van der Waals surface area contributed by atoms with E-state index in [-0.39, 0.29) is 11.4 Å². The number of hydrogen-bond acceptors (Lipinski definition) is 4. The molecule has 14 heavy (non-hydrogen) atoms. The highest BCUT2D eigenvalue weighted by Gasteiger charge is 2.17. The van der Waals surface area contributed by atoms with E-state index in [2.05, 4.69) is 0 Å². The van der Waals surface area contributed by atoms with Gasteiger partial charge in [0.1, 0.15) is 5.69 Å². The first-order valence-electron chi connectivity index (χ1n) is 3.66. The second-order valence-electron chi connectivity index (χ2n) is 2.50. The Morgan fingerprint density at radius 1 is 1.50 bits per heavy atom. The van der Waals surface area contributed by atoms with E-state index in [9.17, 15) is 10.1 Å². The third-order valence-electron chi connectivity index (χ3n) is 1.60. The van der Waals surface area contributed by atoms with Gasteiger partial charge in [0.2, 0.25) is 5.96 Å². The lowest BCUT2D eigenvalue weighted by Gasteiger charge is -2.15. The van der Waals surface area contributed by atoms with Crippen molar-refractivity contribution in [2.45, 2.75) is 0 Å². The molecule has 0 amide bonds. The third-order valence-corrected chi connectivity index (χ3v) is 1.60. The van der Waals surface area contributed by atoms with Gasteiger partial charge in [-0.05, 0) is 6.07 Å². The minimum Gasteiger partial charge on any atom is -0.369 e.